The van der Waals surface area contributed by atoms with Crippen LogP contribution < -0.4 is 5.43 Å². The quantitative estimate of drug-likeness (QED) is 0.500. The summed E-state index contributed by atoms with van der Waals surface area (Å²) < 4.78 is 0. The highest BCUT2D eigenvalue weighted by molar-refractivity contribution is 6.33. The molecule has 0 amide bonds. The zero-order valence-corrected chi connectivity index (χ0v) is 8.97. The van der Waals surface area contributed by atoms with Crippen molar-refractivity contribution in [2.75, 3.05) is 5.43 Å². The largest absolute Gasteiger partial charge is 0.295 e. The monoisotopic (exact) mass is 249 g/mol. The van der Waals surface area contributed by atoms with Crippen molar-refractivity contribution < 1.29 is 4.92 Å². The predicted molar refractivity (Wildman–Crippen MR) is 60.4 cm³/mol. The Balaban J connectivity index is 3.16. The van der Waals surface area contributed by atoms with Crippen LogP contribution >= 0.6 is 11.6 Å². The summed E-state index contributed by atoms with van der Waals surface area (Å²) in [6.45, 7) is 0. The van der Waals surface area contributed by atoms with E-state index < -0.39 is 10.6 Å². The molecule has 0 aliphatic carbocycles. The van der Waals surface area contributed by atoms with Crippen LogP contribution in [0.4, 0.5) is 11.4 Å². The second-order valence-corrected chi connectivity index (χ2v) is 3.09. The molecule has 0 aliphatic rings. The Hall–Kier alpha value is -2.64. The molecule has 1 N–H and O–H groups in total. The van der Waals surface area contributed by atoms with E-state index >= 15 is 0 Å². The van der Waals surface area contributed by atoms with Crippen molar-refractivity contribution in [3.63, 3.8) is 0 Å². The summed E-state index contributed by atoms with van der Waals surface area (Å²) in [6, 6.07) is 7.06. The Bertz CT molecular complexity index is 554. The molecule has 0 bridgehead atoms. The van der Waals surface area contributed by atoms with Gasteiger partial charge in [-0.1, -0.05) is 17.7 Å². The molecule has 0 radical (unpaired) electrons. The van der Waals surface area contributed by atoms with Crippen molar-refractivity contribution >= 4 is 28.7 Å². The maximum absolute atomic E-state index is 10.7. The van der Waals surface area contributed by atoms with Gasteiger partial charge in [-0.25, -0.2) is 0 Å². The highest BCUT2D eigenvalue weighted by atomic mass is 35.5. The average molecular weight is 250 g/mol. The molecule has 0 aromatic heterocycles. The van der Waals surface area contributed by atoms with Gasteiger partial charge in [0.1, 0.15) is 12.1 Å². The number of hydrogen-bond donors (Lipinski definition) is 1. The first-order valence-electron chi connectivity index (χ1n) is 4.17. The molecule has 1 aromatic carbocycles. The van der Waals surface area contributed by atoms with Crippen LogP contribution in [-0.2, 0) is 0 Å². The topological polar surface area (TPSA) is 115 Å². The van der Waals surface area contributed by atoms with Crippen molar-refractivity contribution in [3.8, 4) is 12.1 Å². The second-order valence-electron chi connectivity index (χ2n) is 2.69. The number of hydrogen-bond acceptors (Lipinski definition) is 6. The molecule has 0 fully saturated rings. The fraction of sp³-hybridized carbons (Fsp3) is 0. The van der Waals surface area contributed by atoms with E-state index in [1.165, 1.54) is 30.3 Å². The van der Waals surface area contributed by atoms with Gasteiger partial charge < -0.3 is 0 Å². The SMILES string of the molecule is N#CC(C#N)=NNc1c(Cl)cccc1[N+](=O)[O-]. The van der Waals surface area contributed by atoms with Gasteiger partial charge in [0.05, 0.1) is 9.95 Å². The molecule has 0 spiro atoms. The molecule has 1 aromatic rings. The average Bonchev–Trinajstić information content (AvgIpc) is 2.31. The summed E-state index contributed by atoms with van der Waals surface area (Å²) in [4.78, 5) is 10.0. The molecule has 17 heavy (non-hydrogen) atoms. The number of nitrogens with one attached hydrogen (secondary N) is 1. The standard InChI is InChI=1S/C9H4ClN5O2/c10-7-2-1-3-8(15(16)17)9(7)14-13-6(4-11)5-12/h1-3,14H. The van der Waals surface area contributed by atoms with Crippen molar-refractivity contribution in [1.29, 1.82) is 10.5 Å². The van der Waals surface area contributed by atoms with Crippen LogP contribution in [0.5, 0.6) is 0 Å². The van der Waals surface area contributed by atoms with Crippen molar-refractivity contribution in [2.45, 2.75) is 0 Å². The van der Waals surface area contributed by atoms with Crippen LogP contribution in [0.1, 0.15) is 0 Å². The van der Waals surface area contributed by atoms with Gasteiger partial charge in [0.2, 0.25) is 5.71 Å². The number of para-hydroxylation sites is 1. The number of halogens is 1. The molecule has 0 heterocycles. The Morgan fingerprint density at radius 3 is 2.65 bits per heavy atom. The molecule has 7 nitrogen and oxygen atoms in total. The first-order valence-corrected chi connectivity index (χ1v) is 4.54. The number of nitro groups is 1. The van der Waals surface area contributed by atoms with Gasteiger partial charge >= 0.3 is 0 Å². The van der Waals surface area contributed by atoms with Crippen LogP contribution in [0, 0.1) is 32.8 Å². The summed E-state index contributed by atoms with van der Waals surface area (Å²) in [5.41, 5.74) is 1.41. The summed E-state index contributed by atoms with van der Waals surface area (Å²) >= 11 is 5.74. The van der Waals surface area contributed by atoms with Crippen LogP contribution in [0.2, 0.25) is 5.02 Å². The minimum absolute atomic E-state index is 0.0674. The summed E-state index contributed by atoms with van der Waals surface area (Å²) in [6.07, 6.45) is 0. The molecule has 8 heteroatoms. The van der Waals surface area contributed by atoms with E-state index in [0.29, 0.717) is 0 Å². The molecule has 0 saturated heterocycles. The number of nitro benzene ring substituents is 1. The van der Waals surface area contributed by atoms with Crippen LogP contribution in [0.3, 0.4) is 0 Å². The zero-order valence-electron chi connectivity index (χ0n) is 8.22. The Morgan fingerprint density at radius 1 is 1.47 bits per heavy atom. The number of anilines is 1. The highest BCUT2D eigenvalue weighted by Crippen LogP contribution is 2.31. The lowest BCUT2D eigenvalue weighted by Crippen LogP contribution is -2.00. The molecule has 0 unspecified atom stereocenters. The molecule has 0 saturated carbocycles. The lowest BCUT2D eigenvalue weighted by molar-refractivity contribution is -0.383. The maximum Gasteiger partial charge on any atom is 0.295 e. The molecular formula is C9H4ClN5O2. The first kappa shape index (κ1) is 12.4. The third kappa shape index (κ3) is 2.91. The van der Waals surface area contributed by atoms with Gasteiger partial charge in [-0.15, -0.1) is 0 Å². The van der Waals surface area contributed by atoms with Crippen LogP contribution in [0.15, 0.2) is 23.3 Å². The summed E-state index contributed by atoms with van der Waals surface area (Å²) in [5.74, 6) is 0. The van der Waals surface area contributed by atoms with E-state index in [4.69, 9.17) is 22.1 Å². The summed E-state index contributed by atoms with van der Waals surface area (Å²) in [7, 11) is 0. The maximum atomic E-state index is 10.7. The third-order valence-electron chi connectivity index (χ3n) is 1.68. The van der Waals surface area contributed by atoms with Crippen LogP contribution in [0.25, 0.3) is 0 Å². The van der Waals surface area contributed by atoms with Crippen LogP contribution in [-0.4, -0.2) is 10.6 Å². The Morgan fingerprint density at radius 2 is 2.12 bits per heavy atom. The van der Waals surface area contributed by atoms with Gasteiger partial charge in [-0.05, 0) is 6.07 Å². The summed E-state index contributed by atoms with van der Waals surface area (Å²) in [5, 5.41) is 31.0. The fourth-order valence-corrected chi connectivity index (χ4v) is 1.17. The molecule has 1 rings (SSSR count). The predicted octanol–water partition coefficient (Wildman–Crippen LogP) is 2.06. The Kier molecular flexibility index (Phi) is 3.98. The lowest BCUT2D eigenvalue weighted by atomic mass is 10.3. The van der Waals surface area contributed by atoms with E-state index in [1.807, 2.05) is 0 Å². The lowest BCUT2D eigenvalue weighted by Gasteiger charge is -2.03. The zero-order chi connectivity index (χ0) is 12.8. The normalized spacial score (nSPS) is 8.65. The van der Waals surface area contributed by atoms with E-state index in [9.17, 15) is 10.1 Å². The smallest absolute Gasteiger partial charge is 0.268 e. The number of nitrogens with zero attached hydrogens (tertiary/aromatic N) is 4. The highest BCUT2D eigenvalue weighted by Gasteiger charge is 2.16. The fourth-order valence-electron chi connectivity index (χ4n) is 0.962. The number of benzene rings is 1. The molecular weight excluding hydrogens is 246 g/mol. The number of nitriles is 2. The van der Waals surface area contributed by atoms with Gasteiger partial charge in [0, 0.05) is 6.07 Å². The van der Waals surface area contributed by atoms with Gasteiger partial charge in [-0.3, -0.25) is 15.5 Å². The second kappa shape index (κ2) is 5.45. The van der Waals surface area contributed by atoms with Gasteiger partial charge in [-0.2, -0.15) is 15.6 Å². The van der Waals surface area contributed by atoms with E-state index in [0.717, 1.165) is 0 Å². The van der Waals surface area contributed by atoms with Crippen molar-refractivity contribution in [2.24, 2.45) is 5.10 Å². The van der Waals surface area contributed by atoms with E-state index in [1.54, 1.807) is 0 Å². The van der Waals surface area contributed by atoms with E-state index in [2.05, 4.69) is 10.5 Å². The number of hydrazone groups is 1. The molecule has 84 valence electrons. The van der Waals surface area contributed by atoms with Gasteiger partial charge in [0.15, 0.2) is 5.69 Å². The minimum Gasteiger partial charge on any atom is -0.268 e. The molecule has 0 aliphatic heterocycles. The first-order chi connectivity index (χ1) is 8.10. The Labute approximate surface area is 101 Å². The number of rotatable bonds is 3. The van der Waals surface area contributed by atoms with Gasteiger partial charge in [0.25, 0.3) is 5.69 Å². The van der Waals surface area contributed by atoms with E-state index in [-0.39, 0.29) is 16.4 Å². The van der Waals surface area contributed by atoms with Crippen molar-refractivity contribution in [3.05, 3.63) is 33.3 Å². The van der Waals surface area contributed by atoms with Crippen molar-refractivity contribution in [1.82, 2.24) is 0 Å². The minimum atomic E-state index is -0.651. The third-order valence-corrected chi connectivity index (χ3v) is 1.99. The molecule has 0 atom stereocenters.